The lowest BCUT2D eigenvalue weighted by Crippen LogP contribution is -2.33. The summed E-state index contributed by atoms with van der Waals surface area (Å²) in [5, 5.41) is 2.97. The Kier molecular flexibility index (Phi) is 4.68. The van der Waals surface area contributed by atoms with Crippen molar-refractivity contribution in [1.82, 2.24) is 0 Å². The molecule has 0 unspecified atom stereocenters. The highest BCUT2D eigenvalue weighted by Crippen LogP contribution is 2.35. The summed E-state index contributed by atoms with van der Waals surface area (Å²) in [6.45, 7) is 1.90. The Labute approximate surface area is 166 Å². The molecule has 4 nitrogen and oxygen atoms in total. The Bertz CT molecular complexity index is 1140. The van der Waals surface area contributed by atoms with E-state index < -0.39 is 29.1 Å². The van der Waals surface area contributed by atoms with E-state index in [1.165, 1.54) is 0 Å². The van der Waals surface area contributed by atoms with Gasteiger partial charge in [-0.15, -0.1) is 0 Å². The summed E-state index contributed by atoms with van der Waals surface area (Å²) in [7, 11) is 0. The van der Waals surface area contributed by atoms with Gasteiger partial charge in [-0.2, -0.15) is 0 Å². The van der Waals surface area contributed by atoms with Crippen LogP contribution < -0.4 is 10.2 Å². The standard InChI is InChI=1S/C23H16F2N2O2/c1-14-7-9-15(10-8-14)20-21(26-17-5-3-2-4-6-17)23(29)27(22(20)28)19-13-16(24)11-12-18(19)25/h2-13,26H,1H3. The van der Waals surface area contributed by atoms with E-state index in [0.717, 1.165) is 23.8 Å². The second-order valence-electron chi connectivity index (χ2n) is 6.65. The second-order valence-corrected chi connectivity index (χ2v) is 6.65. The van der Waals surface area contributed by atoms with Crippen LogP contribution in [-0.2, 0) is 9.59 Å². The zero-order valence-electron chi connectivity index (χ0n) is 15.4. The fraction of sp³-hybridized carbons (Fsp3) is 0.0435. The minimum absolute atomic E-state index is 0.00807. The number of carbonyl (C=O) groups excluding carboxylic acids is 2. The number of hydrogen-bond donors (Lipinski definition) is 1. The SMILES string of the molecule is Cc1ccc(C2=C(Nc3ccccc3)C(=O)N(c3cc(F)ccc3F)C2=O)cc1. The van der Waals surface area contributed by atoms with Crippen molar-refractivity contribution in [2.75, 3.05) is 10.2 Å². The van der Waals surface area contributed by atoms with Crippen molar-refractivity contribution in [2.24, 2.45) is 0 Å². The minimum Gasteiger partial charge on any atom is -0.350 e. The molecule has 6 heteroatoms. The molecule has 2 amide bonds. The molecule has 0 atom stereocenters. The molecule has 1 aliphatic heterocycles. The average molecular weight is 390 g/mol. The Hall–Kier alpha value is -3.80. The summed E-state index contributed by atoms with van der Waals surface area (Å²) in [5.41, 5.74) is 1.77. The Morgan fingerprint density at radius 3 is 2.21 bits per heavy atom. The van der Waals surface area contributed by atoms with Crippen LogP contribution in [0, 0.1) is 18.6 Å². The molecule has 0 saturated carbocycles. The van der Waals surface area contributed by atoms with Gasteiger partial charge in [-0.1, -0.05) is 48.0 Å². The molecule has 4 rings (SSSR count). The van der Waals surface area contributed by atoms with Crippen LogP contribution in [0.3, 0.4) is 0 Å². The monoisotopic (exact) mass is 390 g/mol. The molecule has 1 heterocycles. The van der Waals surface area contributed by atoms with Gasteiger partial charge in [0.25, 0.3) is 11.8 Å². The molecule has 0 bridgehead atoms. The van der Waals surface area contributed by atoms with E-state index in [-0.39, 0.29) is 11.3 Å². The number of halogens is 2. The number of para-hydroxylation sites is 1. The van der Waals surface area contributed by atoms with Crippen LogP contribution in [0.25, 0.3) is 5.57 Å². The number of anilines is 2. The maximum atomic E-state index is 14.4. The summed E-state index contributed by atoms with van der Waals surface area (Å²) < 4.78 is 28.1. The van der Waals surface area contributed by atoms with Crippen LogP contribution in [-0.4, -0.2) is 11.8 Å². The van der Waals surface area contributed by atoms with Crippen molar-refractivity contribution in [2.45, 2.75) is 6.92 Å². The molecule has 0 aliphatic carbocycles. The number of nitrogens with zero attached hydrogens (tertiary/aromatic N) is 1. The zero-order chi connectivity index (χ0) is 20.5. The molecular formula is C23H16F2N2O2. The third-order valence-corrected chi connectivity index (χ3v) is 4.62. The van der Waals surface area contributed by atoms with Gasteiger partial charge in [0.2, 0.25) is 0 Å². The third kappa shape index (κ3) is 3.40. The van der Waals surface area contributed by atoms with Crippen molar-refractivity contribution in [3.05, 3.63) is 101 Å². The van der Waals surface area contributed by atoms with Crippen LogP contribution in [0.5, 0.6) is 0 Å². The molecule has 29 heavy (non-hydrogen) atoms. The highest BCUT2D eigenvalue weighted by molar-refractivity contribution is 6.46. The lowest BCUT2D eigenvalue weighted by atomic mass is 10.0. The first kappa shape index (κ1) is 18.6. The third-order valence-electron chi connectivity index (χ3n) is 4.62. The first-order valence-electron chi connectivity index (χ1n) is 8.93. The predicted octanol–water partition coefficient (Wildman–Crippen LogP) is 4.67. The minimum atomic E-state index is -0.864. The van der Waals surface area contributed by atoms with Gasteiger partial charge >= 0.3 is 0 Å². The zero-order valence-corrected chi connectivity index (χ0v) is 15.4. The number of hydrogen-bond acceptors (Lipinski definition) is 3. The van der Waals surface area contributed by atoms with Crippen molar-refractivity contribution in [3.63, 3.8) is 0 Å². The van der Waals surface area contributed by atoms with Gasteiger partial charge in [0.05, 0.1) is 11.3 Å². The van der Waals surface area contributed by atoms with E-state index in [9.17, 15) is 18.4 Å². The number of benzene rings is 3. The fourth-order valence-corrected chi connectivity index (χ4v) is 3.18. The quantitative estimate of drug-likeness (QED) is 0.659. The molecule has 0 radical (unpaired) electrons. The summed E-state index contributed by atoms with van der Waals surface area (Å²) in [4.78, 5) is 27.0. The molecule has 0 fully saturated rings. The van der Waals surface area contributed by atoms with E-state index in [1.54, 1.807) is 36.4 Å². The van der Waals surface area contributed by atoms with E-state index in [2.05, 4.69) is 5.32 Å². The van der Waals surface area contributed by atoms with Crippen molar-refractivity contribution in [3.8, 4) is 0 Å². The molecule has 0 aromatic heterocycles. The average Bonchev–Trinajstić information content (AvgIpc) is 2.95. The highest BCUT2D eigenvalue weighted by Gasteiger charge is 2.41. The molecule has 3 aromatic rings. The number of carbonyl (C=O) groups is 2. The van der Waals surface area contributed by atoms with Crippen LogP contribution in [0.2, 0.25) is 0 Å². The van der Waals surface area contributed by atoms with Crippen LogP contribution >= 0.6 is 0 Å². The molecule has 0 saturated heterocycles. The maximum Gasteiger partial charge on any atom is 0.282 e. The van der Waals surface area contributed by atoms with Gasteiger partial charge in [0.15, 0.2) is 0 Å². The lowest BCUT2D eigenvalue weighted by molar-refractivity contribution is -0.120. The Morgan fingerprint density at radius 1 is 0.828 bits per heavy atom. The van der Waals surface area contributed by atoms with Crippen LogP contribution in [0.4, 0.5) is 20.2 Å². The number of nitrogens with one attached hydrogen (secondary N) is 1. The van der Waals surface area contributed by atoms with Crippen LogP contribution in [0.1, 0.15) is 11.1 Å². The molecule has 3 aromatic carbocycles. The summed E-state index contributed by atoms with van der Waals surface area (Å²) in [6.07, 6.45) is 0. The number of amides is 2. The molecular weight excluding hydrogens is 374 g/mol. The van der Waals surface area contributed by atoms with Gasteiger partial charge in [-0.25, -0.2) is 13.7 Å². The Balaban J connectivity index is 1.85. The number of imide groups is 1. The van der Waals surface area contributed by atoms with Gasteiger partial charge < -0.3 is 5.32 Å². The largest absolute Gasteiger partial charge is 0.350 e. The van der Waals surface area contributed by atoms with Gasteiger partial charge in [0.1, 0.15) is 17.3 Å². The van der Waals surface area contributed by atoms with Gasteiger partial charge in [0, 0.05) is 11.8 Å². The number of aryl methyl sites for hydroxylation is 1. The van der Waals surface area contributed by atoms with E-state index in [1.807, 2.05) is 25.1 Å². The molecule has 1 N–H and O–H groups in total. The normalized spacial score (nSPS) is 14.0. The second kappa shape index (κ2) is 7.31. The maximum absolute atomic E-state index is 14.4. The highest BCUT2D eigenvalue weighted by atomic mass is 19.1. The summed E-state index contributed by atoms with van der Waals surface area (Å²) >= 11 is 0. The fourth-order valence-electron chi connectivity index (χ4n) is 3.18. The first-order chi connectivity index (χ1) is 14.0. The predicted molar refractivity (Wildman–Crippen MR) is 107 cm³/mol. The number of rotatable bonds is 4. The Morgan fingerprint density at radius 2 is 1.52 bits per heavy atom. The van der Waals surface area contributed by atoms with E-state index >= 15 is 0 Å². The summed E-state index contributed by atoms with van der Waals surface area (Å²) in [5.74, 6) is -3.08. The summed E-state index contributed by atoms with van der Waals surface area (Å²) in [6, 6.07) is 18.6. The van der Waals surface area contributed by atoms with Gasteiger partial charge in [-0.05, 0) is 36.8 Å². The van der Waals surface area contributed by atoms with Crippen molar-refractivity contribution in [1.29, 1.82) is 0 Å². The van der Waals surface area contributed by atoms with Crippen molar-refractivity contribution < 1.29 is 18.4 Å². The van der Waals surface area contributed by atoms with Crippen molar-refractivity contribution >= 4 is 28.8 Å². The molecule has 1 aliphatic rings. The lowest BCUT2D eigenvalue weighted by Gasteiger charge is -2.16. The van der Waals surface area contributed by atoms with E-state index in [0.29, 0.717) is 16.2 Å². The van der Waals surface area contributed by atoms with E-state index in [4.69, 9.17) is 0 Å². The first-order valence-corrected chi connectivity index (χ1v) is 8.93. The molecule has 144 valence electrons. The smallest absolute Gasteiger partial charge is 0.282 e. The van der Waals surface area contributed by atoms with Gasteiger partial charge in [-0.3, -0.25) is 9.59 Å². The molecule has 0 spiro atoms. The topological polar surface area (TPSA) is 49.4 Å². The van der Waals surface area contributed by atoms with Crippen LogP contribution in [0.15, 0.2) is 78.5 Å².